The number of hydrogen-bond donors (Lipinski definition) is 1. The van der Waals surface area contributed by atoms with Gasteiger partial charge >= 0.3 is 12.1 Å². The van der Waals surface area contributed by atoms with Gasteiger partial charge in [-0.05, 0) is 26.0 Å². The second kappa shape index (κ2) is 5.59. The molecule has 1 N–H and O–H groups in total. The fourth-order valence-electron chi connectivity index (χ4n) is 1.90. The van der Waals surface area contributed by atoms with Gasteiger partial charge in [0.2, 0.25) is 0 Å². The molecule has 112 valence electrons. The first-order valence-corrected chi connectivity index (χ1v) is 6.24. The van der Waals surface area contributed by atoms with E-state index in [4.69, 9.17) is 4.74 Å². The van der Waals surface area contributed by atoms with Gasteiger partial charge in [-0.3, -0.25) is 5.10 Å². The highest BCUT2D eigenvalue weighted by Crippen LogP contribution is 2.31. The number of carbonyl (C=O) groups excluding carboxylic acids is 1. The summed E-state index contributed by atoms with van der Waals surface area (Å²) in [6, 6.07) is 4.60. The predicted octanol–water partition coefficient (Wildman–Crippen LogP) is 3.58. The van der Waals surface area contributed by atoms with Crippen molar-refractivity contribution in [2.24, 2.45) is 0 Å². The number of rotatable bonds is 3. The molecule has 0 unspecified atom stereocenters. The van der Waals surface area contributed by atoms with Gasteiger partial charge < -0.3 is 4.74 Å². The molecule has 0 atom stereocenters. The van der Waals surface area contributed by atoms with E-state index in [-0.39, 0.29) is 12.3 Å². The minimum atomic E-state index is -4.38. The Morgan fingerprint density at radius 3 is 2.43 bits per heavy atom. The van der Waals surface area contributed by atoms with Gasteiger partial charge in [0.25, 0.3) is 0 Å². The van der Waals surface area contributed by atoms with E-state index in [0.717, 1.165) is 12.1 Å². The highest BCUT2D eigenvalue weighted by Gasteiger charge is 2.30. The number of benzene rings is 1. The first-order valence-electron chi connectivity index (χ1n) is 6.24. The molecule has 1 heterocycles. The van der Waals surface area contributed by atoms with E-state index in [1.165, 1.54) is 12.1 Å². The van der Waals surface area contributed by atoms with Crippen LogP contribution in [-0.2, 0) is 10.9 Å². The highest BCUT2D eigenvalue weighted by atomic mass is 19.4. The van der Waals surface area contributed by atoms with Crippen molar-refractivity contribution in [3.8, 4) is 11.3 Å². The van der Waals surface area contributed by atoms with Gasteiger partial charge in [-0.25, -0.2) is 4.79 Å². The second-order valence-corrected chi connectivity index (χ2v) is 4.37. The lowest BCUT2D eigenvalue weighted by Crippen LogP contribution is -2.06. The summed E-state index contributed by atoms with van der Waals surface area (Å²) in [5, 5.41) is 6.53. The Morgan fingerprint density at radius 1 is 1.29 bits per heavy atom. The average molecular weight is 298 g/mol. The summed E-state index contributed by atoms with van der Waals surface area (Å²) < 4.78 is 42.4. The quantitative estimate of drug-likeness (QED) is 0.881. The molecule has 21 heavy (non-hydrogen) atoms. The number of halogens is 3. The third kappa shape index (κ3) is 3.07. The summed E-state index contributed by atoms with van der Waals surface area (Å²) in [4.78, 5) is 11.7. The standard InChI is InChI=1S/C14H13F3N2O2/c1-3-21-13(20)12-8(2)11(18-19-12)9-4-6-10(7-5-9)14(15,16)17/h4-7H,3H2,1-2H3,(H,18,19). The van der Waals surface area contributed by atoms with E-state index >= 15 is 0 Å². The second-order valence-electron chi connectivity index (χ2n) is 4.37. The van der Waals surface area contributed by atoms with Gasteiger partial charge in [-0.1, -0.05) is 12.1 Å². The number of esters is 1. The number of alkyl halides is 3. The number of H-pyrrole nitrogens is 1. The number of nitrogens with zero attached hydrogens (tertiary/aromatic N) is 1. The first kappa shape index (κ1) is 15.1. The van der Waals surface area contributed by atoms with Crippen LogP contribution >= 0.6 is 0 Å². The van der Waals surface area contributed by atoms with Gasteiger partial charge in [-0.2, -0.15) is 18.3 Å². The lowest BCUT2D eigenvalue weighted by Gasteiger charge is -2.07. The van der Waals surface area contributed by atoms with Crippen LogP contribution in [0.4, 0.5) is 13.2 Å². The molecule has 2 aromatic rings. The molecule has 0 aliphatic heterocycles. The SMILES string of the molecule is CCOC(=O)c1[nH]nc(-c2ccc(C(F)(F)F)cc2)c1C. The summed E-state index contributed by atoms with van der Waals surface area (Å²) in [6.45, 7) is 3.57. The summed E-state index contributed by atoms with van der Waals surface area (Å²) >= 11 is 0. The maximum atomic E-state index is 12.5. The Morgan fingerprint density at radius 2 is 1.90 bits per heavy atom. The molecule has 4 nitrogen and oxygen atoms in total. The molecule has 1 aromatic carbocycles. The van der Waals surface area contributed by atoms with E-state index in [1.807, 2.05) is 0 Å². The van der Waals surface area contributed by atoms with Crippen molar-refractivity contribution < 1.29 is 22.7 Å². The minimum Gasteiger partial charge on any atom is -0.461 e. The van der Waals surface area contributed by atoms with Crippen molar-refractivity contribution in [3.05, 3.63) is 41.1 Å². The zero-order valence-electron chi connectivity index (χ0n) is 11.4. The molecule has 0 amide bonds. The van der Waals surface area contributed by atoms with Gasteiger partial charge in [0.1, 0.15) is 5.69 Å². The summed E-state index contributed by atoms with van der Waals surface area (Å²) in [6.07, 6.45) is -4.38. The van der Waals surface area contributed by atoms with Crippen molar-refractivity contribution in [2.75, 3.05) is 6.61 Å². The summed E-state index contributed by atoms with van der Waals surface area (Å²) in [7, 11) is 0. The van der Waals surface area contributed by atoms with Crippen LogP contribution in [0.2, 0.25) is 0 Å². The third-order valence-electron chi connectivity index (χ3n) is 2.97. The Hall–Kier alpha value is -2.31. The average Bonchev–Trinajstić information content (AvgIpc) is 2.80. The smallest absolute Gasteiger partial charge is 0.416 e. The number of ether oxygens (including phenoxy) is 1. The van der Waals surface area contributed by atoms with Crippen molar-refractivity contribution in [3.63, 3.8) is 0 Å². The fraction of sp³-hybridized carbons (Fsp3) is 0.286. The van der Waals surface area contributed by atoms with Crippen LogP contribution in [0, 0.1) is 6.92 Å². The van der Waals surface area contributed by atoms with Gasteiger partial charge in [0.05, 0.1) is 17.9 Å². The number of carbonyl (C=O) groups is 1. The van der Waals surface area contributed by atoms with E-state index in [2.05, 4.69) is 10.2 Å². The Balaban J connectivity index is 2.33. The fourth-order valence-corrected chi connectivity index (χ4v) is 1.90. The van der Waals surface area contributed by atoms with Crippen LogP contribution in [0.1, 0.15) is 28.5 Å². The predicted molar refractivity (Wildman–Crippen MR) is 69.7 cm³/mol. The molecule has 0 saturated carbocycles. The molecule has 0 radical (unpaired) electrons. The van der Waals surface area contributed by atoms with E-state index < -0.39 is 17.7 Å². The van der Waals surface area contributed by atoms with Gasteiger partial charge in [0.15, 0.2) is 0 Å². The van der Waals surface area contributed by atoms with Crippen LogP contribution in [0.5, 0.6) is 0 Å². The van der Waals surface area contributed by atoms with Gasteiger partial charge in [0, 0.05) is 11.1 Å². The number of aromatic nitrogens is 2. The summed E-state index contributed by atoms with van der Waals surface area (Å²) in [5.41, 5.74) is 0.920. The molecule has 0 aliphatic rings. The van der Waals surface area contributed by atoms with Crippen LogP contribution in [0.3, 0.4) is 0 Å². The lowest BCUT2D eigenvalue weighted by atomic mass is 10.0. The van der Waals surface area contributed by atoms with Crippen molar-refractivity contribution in [2.45, 2.75) is 20.0 Å². The maximum Gasteiger partial charge on any atom is 0.416 e. The zero-order chi connectivity index (χ0) is 15.6. The molecular formula is C14H13F3N2O2. The van der Waals surface area contributed by atoms with Gasteiger partial charge in [-0.15, -0.1) is 0 Å². The summed E-state index contributed by atoms with van der Waals surface area (Å²) in [5.74, 6) is -0.541. The molecule has 0 aliphatic carbocycles. The molecule has 7 heteroatoms. The monoisotopic (exact) mass is 298 g/mol. The molecular weight excluding hydrogens is 285 g/mol. The van der Waals surface area contributed by atoms with Crippen LogP contribution in [0.25, 0.3) is 11.3 Å². The Labute approximate surface area is 118 Å². The van der Waals surface area contributed by atoms with E-state index in [1.54, 1.807) is 13.8 Å². The molecule has 0 fully saturated rings. The van der Waals surface area contributed by atoms with Crippen LogP contribution in [0.15, 0.2) is 24.3 Å². The van der Waals surface area contributed by atoms with Crippen molar-refractivity contribution >= 4 is 5.97 Å². The van der Waals surface area contributed by atoms with Crippen LogP contribution in [-0.4, -0.2) is 22.8 Å². The number of aromatic amines is 1. The number of nitrogens with one attached hydrogen (secondary N) is 1. The Kier molecular flexibility index (Phi) is 4.02. The van der Waals surface area contributed by atoms with Crippen molar-refractivity contribution in [1.29, 1.82) is 0 Å². The maximum absolute atomic E-state index is 12.5. The van der Waals surface area contributed by atoms with E-state index in [0.29, 0.717) is 16.8 Å². The minimum absolute atomic E-state index is 0.201. The largest absolute Gasteiger partial charge is 0.461 e. The first-order chi connectivity index (χ1) is 9.84. The number of hydrogen-bond acceptors (Lipinski definition) is 3. The molecule has 0 bridgehead atoms. The van der Waals surface area contributed by atoms with E-state index in [9.17, 15) is 18.0 Å². The normalized spacial score (nSPS) is 11.5. The van der Waals surface area contributed by atoms with Crippen molar-refractivity contribution in [1.82, 2.24) is 10.2 Å². The molecule has 0 saturated heterocycles. The topological polar surface area (TPSA) is 55.0 Å². The molecule has 2 rings (SSSR count). The molecule has 1 aromatic heterocycles. The lowest BCUT2D eigenvalue weighted by molar-refractivity contribution is -0.137. The zero-order valence-corrected chi connectivity index (χ0v) is 11.4. The van der Waals surface area contributed by atoms with Crippen LogP contribution < -0.4 is 0 Å². The third-order valence-corrected chi connectivity index (χ3v) is 2.97. The highest BCUT2D eigenvalue weighted by molar-refractivity contribution is 5.91. The Bertz CT molecular complexity index is 645. The molecule has 0 spiro atoms.